The molecule has 0 radical (unpaired) electrons. The lowest BCUT2D eigenvalue weighted by atomic mass is 10.1. The SMILES string of the molecule is CO[C@@]12OCCCC[C@@H]1[C@H]2C1=CCOC1=O. The normalized spacial score (nSPS) is 42.1. The fourth-order valence-corrected chi connectivity index (χ4v) is 3.07. The zero-order chi connectivity index (χ0) is 11.2. The van der Waals surface area contributed by atoms with Crippen LogP contribution in [0.25, 0.3) is 0 Å². The lowest BCUT2D eigenvalue weighted by Gasteiger charge is -2.16. The number of hydrogen-bond acceptors (Lipinski definition) is 4. The first-order valence-corrected chi connectivity index (χ1v) is 5.86. The molecule has 88 valence electrons. The van der Waals surface area contributed by atoms with Gasteiger partial charge >= 0.3 is 5.97 Å². The molecule has 3 rings (SSSR count). The van der Waals surface area contributed by atoms with Gasteiger partial charge in [0, 0.05) is 18.6 Å². The minimum Gasteiger partial charge on any atom is -0.458 e. The van der Waals surface area contributed by atoms with E-state index in [-0.39, 0.29) is 11.9 Å². The van der Waals surface area contributed by atoms with Gasteiger partial charge in [0.2, 0.25) is 0 Å². The molecule has 0 bridgehead atoms. The van der Waals surface area contributed by atoms with Gasteiger partial charge in [0.05, 0.1) is 12.5 Å². The molecule has 4 nitrogen and oxygen atoms in total. The van der Waals surface area contributed by atoms with Crippen LogP contribution in [-0.2, 0) is 19.0 Å². The van der Waals surface area contributed by atoms with Gasteiger partial charge in [-0.15, -0.1) is 0 Å². The second-order valence-corrected chi connectivity index (χ2v) is 4.61. The van der Waals surface area contributed by atoms with Crippen molar-refractivity contribution in [1.29, 1.82) is 0 Å². The Morgan fingerprint density at radius 2 is 2.38 bits per heavy atom. The maximum Gasteiger partial charge on any atom is 0.334 e. The Balaban J connectivity index is 1.85. The molecule has 1 saturated heterocycles. The summed E-state index contributed by atoms with van der Waals surface area (Å²) < 4.78 is 16.3. The van der Waals surface area contributed by atoms with Crippen LogP contribution in [0.1, 0.15) is 19.3 Å². The van der Waals surface area contributed by atoms with Crippen LogP contribution in [-0.4, -0.2) is 32.1 Å². The number of ether oxygens (including phenoxy) is 3. The third-order valence-corrected chi connectivity index (χ3v) is 3.89. The Labute approximate surface area is 94.5 Å². The summed E-state index contributed by atoms with van der Waals surface area (Å²) in [6.07, 6.45) is 5.17. The highest BCUT2D eigenvalue weighted by atomic mass is 16.7. The average Bonchev–Trinajstić information content (AvgIpc) is 2.79. The van der Waals surface area contributed by atoms with E-state index >= 15 is 0 Å². The molecular weight excluding hydrogens is 208 g/mol. The van der Waals surface area contributed by atoms with E-state index in [0.29, 0.717) is 12.5 Å². The van der Waals surface area contributed by atoms with Crippen molar-refractivity contribution in [3.63, 3.8) is 0 Å². The van der Waals surface area contributed by atoms with E-state index in [4.69, 9.17) is 14.2 Å². The number of fused-ring (bicyclic) bond motifs is 1. The molecule has 0 spiro atoms. The summed E-state index contributed by atoms with van der Waals surface area (Å²) in [5.41, 5.74) is 0.758. The first kappa shape index (κ1) is 10.3. The number of rotatable bonds is 2. The topological polar surface area (TPSA) is 44.8 Å². The molecule has 0 unspecified atom stereocenters. The summed E-state index contributed by atoms with van der Waals surface area (Å²) >= 11 is 0. The zero-order valence-electron chi connectivity index (χ0n) is 9.40. The van der Waals surface area contributed by atoms with Gasteiger partial charge in [-0.1, -0.05) is 6.42 Å². The molecular formula is C12H16O4. The molecule has 4 heteroatoms. The van der Waals surface area contributed by atoms with Gasteiger partial charge in [-0.05, 0) is 18.9 Å². The molecule has 2 fully saturated rings. The monoisotopic (exact) mass is 224 g/mol. The molecule has 0 aromatic carbocycles. The van der Waals surface area contributed by atoms with Crippen LogP contribution in [0.2, 0.25) is 0 Å². The van der Waals surface area contributed by atoms with Gasteiger partial charge < -0.3 is 14.2 Å². The smallest absolute Gasteiger partial charge is 0.334 e. The van der Waals surface area contributed by atoms with Gasteiger partial charge in [0.1, 0.15) is 6.61 Å². The fourth-order valence-electron chi connectivity index (χ4n) is 3.07. The van der Waals surface area contributed by atoms with Crippen LogP contribution < -0.4 is 0 Å². The predicted octanol–water partition coefficient (Wildman–Crippen LogP) is 1.26. The van der Waals surface area contributed by atoms with E-state index in [1.165, 1.54) is 0 Å². The Bertz CT molecular complexity index is 349. The maximum absolute atomic E-state index is 11.5. The summed E-state index contributed by atoms with van der Waals surface area (Å²) in [6.45, 7) is 1.13. The highest BCUT2D eigenvalue weighted by Gasteiger charge is 2.70. The molecule has 3 atom stereocenters. The van der Waals surface area contributed by atoms with E-state index in [2.05, 4.69) is 0 Å². The summed E-state index contributed by atoms with van der Waals surface area (Å²) in [7, 11) is 1.67. The van der Waals surface area contributed by atoms with Gasteiger partial charge in [-0.25, -0.2) is 4.79 Å². The minimum absolute atomic E-state index is 0.0906. The molecule has 2 heterocycles. The molecule has 16 heavy (non-hydrogen) atoms. The zero-order valence-corrected chi connectivity index (χ0v) is 9.40. The molecule has 0 amide bonds. The van der Waals surface area contributed by atoms with Crippen molar-refractivity contribution >= 4 is 5.97 Å². The number of carbonyl (C=O) groups is 1. The lowest BCUT2D eigenvalue weighted by Crippen LogP contribution is -2.23. The minimum atomic E-state index is -0.536. The quantitative estimate of drug-likeness (QED) is 0.662. The van der Waals surface area contributed by atoms with Gasteiger partial charge in [-0.3, -0.25) is 0 Å². The Morgan fingerprint density at radius 1 is 1.50 bits per heavy atom. The van der Waals surface area contributed by atoms with Gasteiger partial charge in [-0.2, -0.15) is 0 Å². The third-order valence-electron chi connectivity index (χ3n) is 3.89. The first-order chi connectivity index (χ1) is 7.79. The summed E-state index contributed by atoms with van der Waals surface area (Å²) in [6, 6.07) is 0. The Kier molecular flexibility index (Phi) is 2.30. The Hall–Kier alpha value is -0.870. The van der Waals surface area contributed by atoms with Crippen LogP contribution >= 0.6 is 0 Å². The number of methoxy groups -OCH3 is 1. The highest BCUT2D eigenvalue weighted by Crippen LogP contribution is 2.61. The van der Waals surface area contributed by atoms with Crippen molar-refractivity contribution in [2.24, 2.45) is 11.8 Å². The molecule has 0 N–H and O–H groups in total. The molecule has 0 aromatic rings. The van der Waals surface area contributed by atoms with Gasteiger partial charge in [0.25, 0.3) is 0 Å². The number of esters is 1. The van der Waals surface area contributed by atoms with Crippen molar-refractivity contribution in [2.75, 3.05) is 20.3 Å². The molecule has 3 aliphatic rings. The van der Waals surface area contributed by atoms with E-state index in [1.54, 1.807) is 7.11 Å². The fraction of sp³-hybridized carbons (Fsp3) is 0.750. The van der Waals surface area contributed by atoms with Crippen molar-refractivity contribution in [2.45, 2.75) is 25.0 Å². The second kappa shape index (κ2) is 3.57. The van der Waals surface area contributed by atoms with E-state index < -0.39 is 5.79 Å². The van der Waals surface area contributed by atoms with Crippen LogP contribution in [0.5, 0.6) is 0 Å². The van der Waals surface area contributed by atoms with Crippen molar-refractivity contribution < 1.29 is 19.0 Å². The average molecular weight is 224 g/mol. The second-order valence-electron chi connectivity index (χ2n) is 4.61. The standard InChI is InChI=1S/C12H16O4/c1-14-12-9(4-2-3-6-16-12)10(12)8-5-7-15-11(8)13/h5,9-10H,2-4,6-7H2,1H3/t9-,10-,12-/m1/s1. The number of hydrogen-bond donors (Lipinski definition) is 0. The van der Waals surface area contributed by atoms with Crippen molar-refractivity contribution in [3.8, 4) is 0 Å². The largest absolute Gasteiger partial charge is 0.458 e. The molecule has 1 saturated carbocycles. The van der Waals surface area contributed by atoms with E-state index in [9.17, 15) is 4.79 Å². The van der Waals surface area contributed by atoms with Crippen LogP contribution in [0.4, 0.5) is 0 Å². The third kappa shape index (κ3) is 1.26. The maximum atomic E-state index is 11.5. The number of carbonyl (C=O) groups excluding carboxylic acids is 1. The van der Waals surface area contributed by atoms with Crippen molar-refractivity contribution in [3.05, 3.63) is 11.6 Å². The van der Waals surface area contributed by atoms with Crippen LogP contribution in [0.3, 0.4) is 0 Å². The highest BCUT2D eigenvalue weighted by molar-refractivity contribution is 5.92. The van der Waals surface area contributed by atoms with Gasteiger partial charge in [0.15, 0.2) is 5.79 Å². The molecule has 1 aliphatic carbocycles. The summed E-state index contributed by atoms with van der Waals surface area (Å²) in [4.78, 5) is 11.5. The Morgan fingerprint density at radius 3 is 3.06 bits per heavy atom. The molecule has 0 aromatic heterocycles. The van der Waals surface area contributed by atoms with E-state index in [0.717, 1.165) is 31.4 Å². The first-order valence-electron chi connectivity index (χ1n) is 5.86. The van der Waals surface area contributed by atoms with Crippen LogP contribution in [0.15, 0.2) is 11.6 Å². The molecule has 2 aliphatic heterocycles. The van der Waals surface area contributed by atoms with Crippen LogP contribution in [0, 0.1) is 11.8 Å². The summed E-state index contributed by atoms with van der Waals surface area (Å²) in [5.74, 6) is -0.311. The van der Waals surface area contributed by atoms with E-state index in [1.807, 2.05) is 6.08 Å². The summed E-state index contributed by atoms with van der Waals surface area (Å²) in [5, 5.41) is 0. The number of cyclic esters (lactones) is 1. The van der Waals surface area contributed by atoms with Crippen molar-refractivity contribution in [1.82, 2.24) is 0 Å². The predicted molar refractivity (Wildman–Crippen MR) is 55.6 cm³/mol. The lowest BCUT2D eigenvalue weighted by molar-refractivity contribution is -0.163.